The average molecular weight is 200 g/mol. The van der Waals surface area contributed by atoms with Crippen LogP contribution in [0.15, 0.2) is 0 Å². The van der Waals surface area contributed by atoms with Gasteiger partial charge in [0.2, 0.25) is 5.67 Å². The molecule has 0 aromatic rings. The van der Waals surface area contributed by atoms with Crippen LogP contribution in [0.4, 0.5) is 4.39 Å². The van der Waals surface area contributed by atoms with Crippen LogP contribution >= 0.6 is 0 Å². The fourth-order valence-corrected chi connectivity index (χ4v) is 1.91. The van der Waals surface area contributed by atoms with Crippen LogP contribution in [0.3, 0.4) is 0 Å². The predicted molar refractivity (Wildman–Crippen MR) is 51.7 cm³/mol. The number of carbonyl (C=O) groups is 1. The van der Waals surface area contributed by atoms with Crippen LogP contribution in [0.25, 0.3) is 0 Å². The van der Waals surface area contributed by atoms with E-state index in [1.807, 2.05) is 6.92 Å². The van der Waals surface area contributed by atoms with Crippen molar-refractivity contribution < 1.29 is 9.18 Å². The first-order chi connectivity index (χ1) is 6.62. The Morgan fingerprint density at radius 2 is 2.36 bits per heavy atom. The van der Waals surface area contributed by atoms with E-state index in [2.05, 4.69) is 10.6 Å². The second kappa shape index (κ2) is 3.50. The largest absolute Gasteiger partial charge is 0.351 e. The number of rotatable bonds is 3. The van der Waals surface area contributed by atoms with Gasteiger partial charge in [0.1, 0.15) is 0 Å². The molecule has 0 spiro atoms. The van der Waals surface area contributed by atoms with Gasteiger partial charge in [0.05, 0.1) is 0 Å². The minimum absolute atomic E-state index is 0.135. The summed E-state index contributed by atoms with van der Waals surface area (Å²) < 4.78 is 13.9. The predicted octanol–water partition coefficient (Wildman–Crippen LogP) is 0.603. The summed E-state index contributed by atoms with van der Waals surface area (Å²) in [5, 5.41) is 5.65. The van der Waals surface area contributed by atoms with E-state index in [1.54, 1.807) is 0 Å². The lowest BCUT2D eigenvalue weighted by atomic mass is 10.0. The Morgan fingerprint density at radius 3 is 2.86 bits per heavy atom. The van der Waals surface area contributed by atoms with Gasteiger partial charge in [0.15, 0.2) is 0 Å². The summed E-state index contributed by atoms with van der Waals surface area (Å²) in [6.45, 7) is 2.72. The maximum absolute atomic E-state index is 13.9. The lowest BCUT2D eigenvalue weighted by Gasteiger charge is -2.21. The molecule has 1 saturated carbocycles. The van der Waals surface area contributed by atoms with Gasteiger partial charge in [0, 0.05) is 19.0 Å². The van der Waals surface area contributed by atoms with Gasteiger partial charge >= 0.3 is 0 Å². The monoisotopic (exact) mass is 200 g/mol. The molecule has 2 fully saturated rings. The molecule has 1 saturated heterocycles. The second-order valence-corrected chi connectivity index (χ2v) is 4.49. The Labute approximate surface area is 83.4 Å². The van der Waals surface area contributed by atoms with Gasteiger partial charge in [-0.05, 0) is 32.2 Å². The summed E-state index contributed by atoms with van der Waals surface area (Å²) in [4.78, 5) is 11.6. The van der Waals surface area contributed by atoms with Crippen LogP contribution in [0.2, 0.25) is 0 Å². The quantitative estimate of drug-likeness (QED) is 0.700. The molecule has 1 aliphatic heterocycles. The van der Waals surface area contributed by atoms with Crippen molar-refractivity contribution in [3.63, 3.8) is 0 Å². The Bertz CT molecular complexity index is 234. The Morgan fingerprint density at radius 1 is 1.64 bits per heavy atom. The molecule has 2 unspecified atom stereocenters. The SMILES string of the molecule is CC(NC(=O)C1(F)CCNC1)C1CC1. The summed E-state index contributed by atoms with van der Waals surface area (Å²) in [7, 11) is 0. The minimum Gasteiger partial charge on any atom is -0.351 e. The lowest BCUT2D eigenvalue weighted by molar-refractivity contribution is -0.132. The average Bonchev–Trinajstić information content (AvgIpc) is 2.90. The standard InChI is InChI=1S/C10H17FN2O/c1-7(8-2-3-8)13-9(14)10(11)4-5-12-6-10/h7-8,12H,2-6H2,1H3,(H,13,14). The Hall–Kier alpha value is -0.640. The van der Waals surface area contributed by atoms with Gasteiger partial charge in [-0.2, -0.15) is 0 Å². The molecule has 1 amide bonds. The van der Waals surface area contributed by atoms with Crippen LogP contribution in [0, 0.1) is 5.92 Å². The van der Waals surface area contributed by atoms with E-state index in [-0.39, 0.29) is 12.6 Å². The zero-order valence-electron chi connectivity index (χ0n) is 8.48. The smallest absolute Gasteiger partial charge is 0.259 e. The number of nitrogens with one attached hydrogen (secondary N) is 2. The Balaban J connectivity index is 1.87. The van der Waals surface area contributed by atoms with Crippen molar-refractivity contribution >= 4 is 5.91 Å². The van der Waals surface area contributed by atoms with E-state index in [4.69, 9.17) is 0 Å². The maximum atomic E-state index is 13.9. The number of halogens is 1. The molecular weight excluding hydrogens is 183 g/mol. The third-order valence-electron chi connectivity index (χ3n) is 3.20. The molecule has 4 heteroatoms. The topological polar surface area (TPSA) is 41.1 Å². The van der Waals surface area contributed by atoms with E-state index in [1.165, 1.54) is 12.8 Å². The number of carbonyl (C=O) groups excluding carboxylic acids is 1. The highest BCUT2D eigenvalue weighted by Crippen LogP contribution is 2.32. The van der Waals surface area contributed by atoms with Crippen LogP contribution in [0.1, 0.15) is 26.2 Å². The number of amides is 1. The zero-order valence-corrected chi connectivity index (χ0v) is 8.48. The molecule has 2 N–H and O–H groups in total. The van der Waals surface area contributed by atoms with Crippen LogP contribution < -0.4 is 10.6 Å². The minimum atomic E-state index is -1.66. The molecule has 3 nitrogen and oxygen atoms in total. The van der Waals surface area contributed by atoms with Gasteiger partial charge in [-0.3, -0.25) is 4.79 Å². The van der Waals surface area contributed by atoms with Crippen molar-refractivity contribution in [2.75, 3.05) is 13.1 Å². The molecular formula is C10H17FN2O. The summed E-state index contributed by atoms with van der Waals surface area (Å²) in [6, 6.07) is 0.135. The van der Waals surface area contributed by atoms with E-state index in [9.17, 15) is 9.18 Å². The van der Waals surface area contributed by atoms with Gasteiger partial charge in [-0.1, -0.05) is 0 Å². The summed E-state index contributed by atoms with van der Waals surface area (Å²) >= 11 is 0. The number of alkyl halides is 1. The third kappa shape index (κ3) is 1.90. The van der Waals surface area contributed by atoms with Gasteiger partial charge in [-0.15, -0.1) is 0 Å². The molecule has 0 aromatic carbocycles. The van der Waals surface area contributed by atoms with E-state index in [0.29, 0.717) is 18.9 Å². The van der Waals surface area contributed by atoms with E-state index < -0.39 is 11.6 Å². The number of hydrogen-bond donors (Lipinski definition) is 2. The van der Waals surface area contributed by atoms with Crippen LogP contribution in [-0.2, 0) is 4.79 Å². The van der Waals surface area contributed by atoms with Crippen molar-refractivity contribution in [3.05, 3.63) is 0 Å². The zero-order chi connectivity index (χ0) is 10.2. The highest BCUT2D eigenvalue weighted by atomic mass is 19.1. The van der Waals surface area contributed by atoms with Crippen molar-refractivity contribution in [1.82, 2.24) is 10.6 Å². The fourth-order valence-electron chi connectivity index (χ4n) is 1.91. The molecule has 1 heterocycles. The lowest BCUT2D eigenvalue weighted by Crippen LogP contribution is -2.48. The molecule has 14 heavy (non-hydrogen) atoms. The van der Waals surface area contributed by atoms with Crippen molar-refractivity contribution in [3.8, 4) is 0 Å². The van der Waals surface area contributed by atoms with Crippen molar-refractivity contribution in [2.45, 2.75) is 37.9 Å². The molecule has 2 atom stereocenters. The third-order valence-corrected chi connectivity index (χ3v) is 3.20. The molecule has 1 aliphatic carbocycles. The highest BCUT2D eigenvalue weighted by Gasteiger charge is 2.43. The maximum Gasteiger partial charge on any atom is 0.259 e. The van der Waals surface area contributed by atoms with E-state index >= 15 is 0 Å². The van der Waals surface area contributed by atoms with Gasteiger partial charge in [-0.25, -0.2) is 4.39 Å². The molecule has 2 rings (SSSR count). The van der Waals surface area contributed by atoms with Crippen LogP contribution in [0.5, 0.6) is 0 Å². The van der Waals surface area contributed by atoms with E-state index in [0.717, 1.165) is 0 Å². The molecule has 0 aromatic heterocycles. The summed E-state index contributed by atoms with van der Waals surface area (Å²) in [6.07, 6.45) is 2.63. The number of hydrogen-bond acceptors (Lipinski definition) is 2. The van der Waals surface area contributed by atoms with Crippen molar-refractivity contribution in [1.29, 1.82) is 0 Å². The highest BCUT2D eigenvalue weighted by molar-refractivity contribution is 5.86. The van der Waals surface area contributed by atoms with Gasteiger partial charge < -0.3 is 10.6 Å². The first-order valence-electron chi connectivity index (χ1n) is 5.32. The van der Waals surface area contributed by atoms with Crippen LogP contribution in [-0.4, -0.2) is 30.7 Å². The summed E-state index contributed by atoms with van der Waals surface area (Å²) in [5.74, 6) is 0.152. The van der Waals surface area contributed by atoms with Crippen molar-refractivity contribution in [2.24, 2.45) is 5.92 Å². The van der Waals surface area contributed by atoms with Gasteiger partial charge in [0.25, 0.3) is 5.91 Å². The summed E-state index contributed by atoms with van der Waals surface area (Å²) in [5.41, 5.74) is -1.66. The normalized spacial score (nSPS) is 34.1. The first-order valence-corrected chi connectivity index (χ1v) is 5.32. The Kier molecular flexibility index (Phi) is 2.47. The molecule has 80 valence electrons. The first kappa shape index (κ1) is 9.90. The fraction of sp³-hybridized carbons (Fsp3) is 0.900. The molecule has 0 bridgehead atoms. The molecule has 2 aliphatic rings. The molecule has 0 radical (unpaired) electrons. The second-order valence-electron chi connectivity index (χ2n) is 4.49.